The quantitative estimate of drug-likeness (QED) is 0.611. The van der Waals surface area contributed by atoms with E-state index in [2.05, 4.69) is 56.8 Å². The van der Waals surface area contributed by atoms with Gasteiger partial charge < -0.3 is 0 Å². The second kappa shape index (κ2) is 6.84. The fourth-order valence-electron chi connectivity index (χ4n) is 1.41. The zero-order valence-electron chi connectivity index (χ0n) is 10.2. The van der Waals surface area contributed by atoms with Gasteiger partial charge in [-0.05, 0) is 17.1 Å². The van der Waals surface area contributed by atoms with E-state index in [1.807, 2.05) is 18.2 Å². The molecule has 0 aliphatic rings. The lowest BCUT2D eigenvalue weighted by molar-refractivity contribution is 0.698. The number of allylic oxidation sites excluding steroid dienone is 5. The minimum Gasteiger partial charge on any atom is -0.0990 e. The zero-order chi connectivity index (χ0) is 11.8. The third kappa shape index (κ3) is 3.90. The maximum Gasteiger partial charge on any atom is -0.0184 e. The largest absolute Gasteiger partial charge is 0.0990 e. The van der Waals surface area contributed by atoms with Crippen molar-refractivity contribution in [3.63, 3.8) is 0 Å². The molecule has 0 fully saturated rings. The first-order chi connectivity index (χ1) is 7.77. The van der Waals surface area contributed by atoms with Crippen molar-refractivity contribution in [2.24, 2.45) is 5.92 Å². The highest BCUT2D eigenvalue weighted by molar-refractivity contribution is 5.75. The Kier molecular flexibility index (Phi) is 5.35. The van der Waals surface area contributed by atoms with E-state index in [0.29, 0.717) is 5.92 Å². The Morgan fingerprint density at radius 2 is 2.00 bits per heavy atom. The molecule has 0 aliphatic heterocycles. The first kappa shape index (κ1) is 12.5. The van der Waals surface area contributed by atoms with Gasteiger partial charge in [-0.15, -0.1) is 0 Å². The average molecular weight is 212 g/mol. The number of rotatable bonds is 5. The minimum atomic E-state index is 0.622. The molecule has 0 saturated carbocycles. The van der Waals surface area contributed by atoms with Crippen LogP contribution in [0.25, 0.3) is 5.57 Å². The lowest BCUT2D eigenvalue weighted by Gasteiger charge is -2.04. The lowest BCUT2D eigenvalue weighted by atomic mass is 10.0. The van der Waals surface area contributed by atoms with Crippen LogP contribution >= 0.6 is 0 Å². The molecule has 1 rings (SSSR count). The van der Waals surface area contributed by atoms with Crippen LogP contribution in [0.2, 0.25) is 0 Å². The molecule has 0 aliphatic carbocycles. The Morgan fingerprint density at radius 1 is 1.31 bits per heavy atom. The van der Waals surface area contributed by atoms with Crippen LogP contribution in [-0.2, 0) is 0 Å². The van der Waals surface area contributed by atoms with E-state index in [0.717, 1.165) is 0 Å². The summed E-state index contributed by atoms with van der Waals surface area (Å²) in [7, 11) is 0. The van der Waals surface area contributed by atoms with Crippen molar-refractivity contribution in [2.75, 3.05) is 0 Å². The predicted octanol–water partition coefficient (Wildman–Crippen LogP) is 4.86. The molecule has 0 heterocycles. The van der Waals surface area contributed by atoms with Crippen LogP contribution in [0.4, 0.5) is 0 Å². The molecular formula is C16H20. The van der Waals surface area contributed by atoms with Gasteiger partial charge in [0.25, 0.3) is 0 Å². The van der Waals surface area contributed by atoms with Gasteiger partial charge in [-0.1, -0.05) is 81.5 Å². The monoisotopic (exact) mass is 212 g/mol. The molecule has 1 unspecified atom stereocenters. The highest BCUT2D eigenvalue weighted by Gasteiger charge is 1.96. The smallest absolute Gasteiger partial charge is 0.0184 e. The normalized spacial score (nSPS) is 14.0. The number of hydrogen-bond donors (Lipinski definition) is 0. The van der Waals surface area contributed by atoms with E-state index < -0.39 is 0 Å². The van der Waals surface area contributed by atoms with Crippen LogP contribution in [0, 0.1) is 5.92 Å². The Labute approximate surface area is 99.0 Å². The zero-order valence-corrected chi connectivity index (χ0v) is 10.2. The van der Waals surface area contributed by atoms with Gasteiger partial charge >= 0.3 is 0 Å². The predicted molar refractivity (Wildman–Crippen MR) is 73.2 cm³/mol. The average Bonchev–Trinajstić information content (AvgIpc) is 2.35. The fraction of sp³-hybridized carbons (Fsp3) is 0.250. The number of hydrogen-bond acceptors (Lipinski definition) is 0. The summed E-state index contributed by atoms with van der Waals surface area (Å²) in [6.07, 6.45) is 9.50. The first-order valence-electron chi connectivity index (χ1n) is 5.84. The van der Waals surface area contributed by atoms with Crippen molar-refractivity contribution in [2.45, 2.75) is 20.3 Å². The Morgan fingerprint density at radius 3 is 2.56 bits per heavy atom. The third-order valence-corrected chi connectivity index (χ3v) is 2.65. The summed E-state index contributed by atoms with van der Waals surface area (Å²) in [5, 5.41) is 0. The van der Waals surface area contributed by atoms with E-state index in [1.165, 1.54) is 17.6 Å². The molecule has 1 aromatic rings. The van der Waals surface area contributed by atoms with Gasteiger partial charge in [0.15, 0.2) is 0 Å². The van der Waals surface area contributed by atoms with Crippen LogP contribution in [0.1, 0.15) is 25.8 Å². The lowest BCUT2D eigenvalue weighted by Crippen LogP contribution is -1.86. The number of benzene rings is 1. The Bertz CT molecular complexity index is 368. The molecule has 0 radical (unpaired) electrons. The Balaban J connectivity index is 2.90. The molecule has 0 nitrogen and oxygen atoms in total. The Hall–Kier alpha value is -1.56. The summed E-state index contributed by atoms with van der Waals surface area (Å²) in [4.78, 5) is 0. The van der Waals surface area contributed by atoms with Crippen LogP contribution in [0.15, 0.2) is 61.2 Å². The van der Waals surface area contributed by atoms with Crippen LogP contribution < -0.4 is 0 Å². The van der Waals surface area contributed by atoms with Crippen molar-refractivity contribution in [3.8, 4) is 0 Å². The fourth-order valence-corrected chi connectivity index (χ4v) is 1.41. The molecular weight excluding hydrogens is 192 g/mol. The molecule has 0 N–H and O–H groups in total. The summed E-state index contributed by atoms with van der Waals surface area (Å²) in [6, 6.07) is 10.4. The van der Waals surface area contributed by atoms with Gasteiger partial charge in [-0.3, -0.25) is 0 Å². The maximum atomic E-state index is 3.76. The standard InChI is InChI=1S/C16H20/c1-4-9-15(13-12-14(3)5-2)16-10-7-6-8-11-16/h4,6-14H,1,5H2,2-3H3/b13-12-,15-9+. The molecule has 1 atom stereocenters. The van der Waals surface area contributed by atoms with Crippen LogP contribution in [-0.4, -0.2) is 0 Å². The van der Waals surface area contributed by atoms with Gasteiger partial charge in [0.1, 0.15) is 0 Å². The second-order valence-electron chi connectivity index (χ2n) is 3.97. The molecule has 1 aromatic carbocycles. The summed E-state index contributed by atoms with van der Waals surface area (Å²) in [5.74, 6) is 0.622. The van der Waals surface area contributed by atoms with E-state index in [1.54, 1.807) is 0 Å². The highest BCUT2D eigenvalue weighted by Crippen LogP contribution is 2.17. The highest BCUT2D eigenvalue weighted by atomic mass is 14.0. The summed E-state index contributed by atoms with van der Waals surface area (Å²) in [6.45, 7) is 8.19. The third-order valence-electron chi connectivity index (χ3n) is 2.65. The van der Waals surface area contributed by atoms with Crippen molar-refractivity contribution < 1.29 is 0 Å². The minimum absolute atomic E-state index is 0.622. The maximum absolute atomic E-state index is 3.76. The van der Waals surface area contributed by atoms with Gasteiger partial charge in [-0.2, -0.15) is 0 Å². The molecule has 0 spiro atoms. The second-order valence-corrected chi connectivity index (χ2v) is 3.97. The van der Waals surface area contributed by atoms with E-state index in [4.69, 9.17) is 0 Å². The van der Waals surface area contributed by atoms with Crippen molar-refractivity contribution in [3.05, 3.63) is 66.8 Å². The van der Waals surface area contributed by atoms with E-state index in [9.17, 15) is 0 Å². The summed E-state index contributed by atoms with van der Waals surface area (Å²) >= 11 is 0. The topological polar surface area (TPSA) is 0 Å². The van der Waals surface area contributed by atoms with E-state index in [-0.39, 0.29) is 0 Å². The summed E-state index contributed by atoms with van der Waals surface area (Å²) < 4.78 is 0. The van der Waals surface area contributed by atoms with Crippen LogP contribution in [0.5, 0.6) is 0 Å². The van der Waals surface area contributed by atoms with Gasteiger partial charge in [0.2, 0.25) is 0 Å². The SMILES string of the molecule is C=C/C=C(\C=C/C(C)CC)c1ccccc1. The van der Waals surface area contributed by atoms with Crippen LogP contribution in [0.3, 0.4) is 0 Å². The van der Waals surface area contributed by atoms with Crippen molar-refractivity contribution >= 4 is 5.57 Å². The van der Waals surface area contributed by atoms with Crippen molar-refractivity contribution in [1.82, 2.24) is 0 Å². The van der Waals surface area contributed by atoms with Gasteiger partial charge in [0, 0.05) is 0 Å². The molecule has 0 saturated heterocycles. The molecule has 0 aromatic heterocycles. The molecule has 0 amide bonds. The molecule has 16 heavy (non-hydrogen) atoms. The van der Waals surface area contributed by atoms with Gasteiger partial charge in [-0.25, -0.2) is 0 Å². The van der Waals surface area contributed by atoms with E-state index >= 15 is 0 Å². The van der Waals surface area contributed by atoms with Crippen molar-refractivity contribution in [1.29, 1.82) is 0 Å². The molecule has 0 heteroatoms. The molecule has 0 bridgehead atoms. The molecule has 84 valence electrons. The van der Waals surface area contributed by atoms with Gasteiger partial charge in [0.05, 0.1) is 0 Å². The first-order valence-corrected chi connectivity index (χ1v) is 5.84. The summed E-state index contributed by atoms with van der Waals surface area (Å²) in [5.41, 5.74) is 2.46.